The van der Waals surface area contributed by atoms with E-state index >= 15 is 0 Å². The van der Waals surface area contributed by atoms with Crippen LogP contribution in [-0.2, 0) is 15.9 Å². The number of benzene rings is 5. The molecule has 0 unspecified atom stereocenters. The van der Waals surface area contributed by atoms with E-state index in [2.05, 4.69) is 158 Å². The van der Waals surface area contributed by atoms with Crippen LogP contribution in [-0.4, -0.2) is 0 Å². The van der Waals surface area contributed by atoms with Gasteiger partial charge >= 0.3 is 0 Å². The highest BCUT2D eigenvalue weighted by Gasteiger charge is 2.72. The van der Waals surface area contributed by atoms with Crippen LogP contribution in [0.2, 0.25) is 0 Å². The van der Waals surface area contributed by atoms with E-state index in [1.54, 1.807) is 0 Å². The van der Waals surface area contributed by atoms with Crippen LogP contribution in [0.15, 0.2) is 163 Å². The maximum atomic E-state index is 7.62. The third-order valence-electron chi connectivity index (χ3n) is 8.95. The number of ether oxygens (including phenoxy) is 1. The first kappa shape index (κ1) is 22.5. The first-order valence-electron chi connectivity index (χ1n) is 13.8. The van der Waals surface area contributed by atoms with Crippen molar-refractivity contribution in [3.8, 4) is 0 Å². The molecule has 186 valence electrons. The van der Waals surface area contributed by atoms with Gasteiger partial charge < -0.3 is 4.74 Å². The second-order valence-corrected chi connectivity index (χ2v) is 10.8. The van der Waals surface area contributed by atoms with Crippen LogP contribution in [0.25, 0.3) is 5.57 Å². The van der Waals surface area contributed by atoms with Gasteiger partial charge in [0.25, 0.3) is 0 Å². The van der Waals surface area contributed by atoms with Gasteiger partial charge in [0.05, 0.1) is 0 Å². The zero-order valence-electron chi connectivity index (χ0n) is 21.6. The smallest absolute Gasteiger partial charge is 0.128 e. The molecule has 1 heteroatoms. The normalized spacial score (nSPS) is 25.9. The van der Waals surface area contributed by atoms with Crippen molar-refractivity contribution in [3.63, 3.8) is 0 Å². The molecule has 5 aromatic carbocycles. The fraction of sp³-hybridized carbons (Fsp3) is 0.105. The molecule has 1 aliphatic carbocycles. The lowest BCUT2D eigenvalue weighted by atomic mass is 9.60. The monoisotopic (exact) mass is 500 g/mol. The van der Waals surface area contributed by atoms with E-state index in [9.17, 15) is 0 Å². The molecule has 4 atom stereocenters. The molecule has 1 nitrogen and oxygen atoms in total. The number of hydrogen-bond donors (Lipinski definition) is 0. The van der Waals surface area contributed by atoms with Gasteiger partial charge in [-0.25, -0.2) is 0 Å². The Labute approximate surface area is 229 Å². The Morgan fingerprint density at radius 1 is 0.487 bits per heavy atom. The zero-order chi connectivity index (χ0) is 25.9. The molecule has 1 fully saturated rings. The van der Waals surface area contributed by atoms with Gasteiger partial charge in [-0.05, 0) is 44.5 Å². The SMILES string of the molecule is C1=C[C@H]2[C@@H](C1=C(c1ccccc1)c1ccccc1)[C@]1(c3ccccc3)O[C@@]2(c2ccccc2)c2ccccc21. The molecule has 2 aliphatic heterocycles. The van der Waals surface area contributed by atoms with Crippen molar-refractivity contribution < 1.29 is 4.74 Å². The lowest BCUT2D eigenvalue weighted by Gasteiger charge is -2.38. The van der Waals surface area contributed by atoms with Gasteiger partial charge in [0.15, 0.2) is 0 Å². The molecule has 0 saturated carbocycles. The number of rotatable bonds is 4. The Balaban J connectivity index is 1.48. The van der Waals surface area contributed by atoms with E-state index in [1.807, 2.05) is 0 Å². The van der Waals surface area contributed by atoms with Crippen LogP contribution >= 0.6 is 0 Å². The Morgan fingerprint density at radius 2 is 0.923 bits per heavy atom. The third-order valence-corrected chi connectivity index (χ3v) is 8.95. The van der Waals surface area contributed by atoms with Crippen molar-refractivity contribution >= 4 is 5.57 Å². The van der Waals surface area contributed by atoms with E-state index in [-0.39, 0.29) is 11.8 Å². The van der Waals surface area contributed by atoms with Crippen LogP contribution in [0.4, 0.5) is 0 Å². The van der Waals surface area contributed by atoms with Crippen LogP contribution in [0, 0.1) is 11.8 Å². The molecule has 5 aromatic rings. The second-order valence-electron chi connectivity index (χ2n) is 10.8. The predicted molar refractivity (Wildman–Crippen MR) is 157 cm³/mol. The van der Waals surface area contributed by atoms with Crippen molar-refractivity contribution in [1.82, 2.24) is 0 Å². The molecule has 0 amide bonds. The summed E-state index contributed by atoms with van der Waals surface area (Å²) in [5.41, 5.74) is 8.92. The summed E-state index contributed by atoms with van der Waals surface area (Å²) < 4.78 is 7.62. The summed E-state index contributed by atoms with van der Waals surface area (Å²) in [6, 6.07) is 52.4. The fourth-order valence-corrected chi connectivity index (χ4v) is 7.55. The molecular weight excluding hydrogens is 472 g/mol. The average molecular weight is 501 g/mol. The zero-order valence-corrected chi connectivity index (χ0v) is 21.6. The Kier molecular flexibility index (Phi) is 4.92. The topological polar surface area (TPSA) is 9.23 Å². The van der Waals surface area contributed by atoms with Gasteiger partial charge in [0.2, 0.25) is 0 Å². The molecule has 0 spiro atoms. The number of hydrogen-bond acceptors (Lipinski definition) is 1. The Bertz CT molecular complexity index is 1680. The lowest BCUT2D eigenvalue weighted by molar-refractivity contribution is -0.0529. The van der Waals surface area contributed by atoms with E-state index in [0.717, 1.165) is 0 Å². The summed E-state index contributed by atoms with van der Waals surface area (Å²) in [6.45, 7) is 0. The Hall–Kier alpha value is -4.46. The molecule has 1 saturated heterocycles. The van der Waals surface area contributed by atoms with Gasteiger partial charge in [-0.3, -0.25) is 0 Å². The molecule has 0 radical (unpaired) electrons. The summed E-state index contributed by atoms with van der Waals surface area (Å²) in [4.78, 5) is 0. The maximum absolute atomic E-state index is 7.62. The highest BCUT2D eigenvalue weighted by Crippen LogP contribution is 2.72. The van der Waals surface area contributed by atoms with Gasteiger partial charge in [-0.1, -0.05) is 158 Å². The standard InChI is InChI=1S/C38H28O/c1-5-15-27(16-6-1)35(28-17-7-2-8-18-28)31-25-26-34-36(31)38(30-21-11-4-12-22-30)33-24-14-13-23-32(33)37(34,39-38)29-19-9-3-10-20-29/h1-26,34,36H/t34-,36+,37-,38+/m0/s1. The van der Waals surface area contributed by atoms with E-state index < -0.39 is 11.2 Å². The highest BCUT2D eigenvalue weighted by molar-refractivity contribution is 5.85. The van der Waals surface area contributed by atoms with E-state index in [4.69, 9.17) is 4.74 Å². The molecular formula is C38H28O. The maximum Gasteiger partial charge on any atom is 0.128 e. The summed E-state index contributed by atoms with van der Waals surface area (Å²) in [7, 11) is 0. The van der Waals surface area contributed by atoms with Gasteiger partial charge in [-0.2, -0.15) is 0 Å². The molecule has 0 N–H and O–H groups in total. The summed E-state index contributed by atoms with van der Waals surface area (Å²) >= 11 is 0. The number of allylic oxidation sites excluding steroid dienone is 1. The number of fused-ring (bicyclic) bond motifs is 8. The van der Waals surface area contributed by atoms with Crippen molar-refractivity contribution in [3.05, 3.63) is 197 Å². The minimum Gasteiger partial charge on any atom is -0.348 e. The van der Waals surface area contributed by atoms with Crippen molar-refractivity contribution in [2.45, 2.75) is 11.2 Å². The van der Waals surface area contributed by atoms with Crippen molar-refractivity contribution in [2.75, 3.05) is 0 Å². The first-order valence-corrected chi connectivity index (χ1v) is 13.8. The summed E-state index contributed by atoms with van der Waals surface area (Å²) in [5, 5.41) is 0. The summed E-state index contributed by atoms with van der Waals surface area (Å²) in [6.07, 6.45) is 4.83. The summed E-state index contributed by atoms with van der Waals surface area (Å²) in [5.74, 6) is 0.276. The fourth-order valence-electron chi connectivity index (χ4n) is 7.55. The van der Waals surface area contributed by atoms with E-state index in [0.29, 0.717) is 0 Å². The quantitative estimate of drug-likeness (QED) is 0.240. The van der Waals surface area contributed by atoms with Crippen LogP contribution in [0.5, 0.6) is 0 Å². The first-order chi connectivity index (χ1) is 19.3. The molecule has 8 rings (SSSR count). The van der Waals surface area contributed by atoms with Crippen LogP contribution < -0.4 is 0 Å². The molecule has 39 heavy (non-hydrogen) atoms. The molecule has 2 heterocycles. The lowest BCUT2D eigenvalue weighted by Crippen LogP contribution is -2.38. The molecule has 2 bridgehead atoms. The Morgan fingerprint density at radius 3 is 1.46 bits per heavy atom. The van der Waals surface area contributed by atoms with Gasteiger partial charge in [0, 0.05) is 11.8 Å². The largest absolute Gasteiger partial charge is 0.348 e. The third kappa shape index (κ3) is 3.00. The predicted octanol–water partition coefficient (Wildman–Crippen LogP) is 8.52. The van der Waals surface area contributed by atoms with E-state index in [1.165, 1.54) is 44.5 Å². The van der Waals surface area contributed by atoms with Gasteiger partial charge in [0.1, 0.15) is 11.2 Å². The average Bonchev–Trinajstić information content (AvgIpc) is 3.68. The molecule has 3 aliphatic rings. The van der Waals surface area contributed by atoms with Crippen LogP contribution in [0.1, 0.15) is 33.4 Å². The van der Waals surface area contributed by atoms with Crippen molar-refractivity contribution in [1.29, 1.82) is 0 Å². The second kappa shape index (κ2) is 8.53. The van der Waals surface area contributed by atoms with Gasteiger partial charge in [-0.15, -0.1) is 0 Å². The minimum atomic E-state index is -0.605. The molecule has 0 aromatic heterocycles. The highest BCUT2D eigenvalue weighted by atomic mass is 16.5. The van der Waals surface area contributed by atoms with Crippen molar-refractivity contribution in [2.24, 2.45) is 11.8 Å². The minimum absolute atomic E-state index is 0.116. The van der Waals surface area contributed by atoms with Crippen LogP contribution in [0.3, 0.4) is 0 Å².